The van der Waals surface area contributed by atoms with Gasteiger partial charge in [0.25, 0.3) is 0 Å². The summed E-state index contributed by atoms with van der Waals surface area (Å²) in [5, 5.41) is 6.71. The van der Waals surface area contributed by atoms with Crippen molar-refractivity contribution >= 4 is 28.3 Å². The first-order valence-corrected chi connectivity index (χ1v) is 6.41. The van der Waals surface area contributed by atoms with E-state index in [1.165, 1.54) is 0 Å². The van der Waals surface area contributed by atoms with Crippen LogP contribution >= 0.6 is 0 Å². The van der Waals surface area contributed by atoms with Crippen molar-refractivity contribution in [3.63, 3.8) is 0 Å². The van der Waals surface area contributed by atoms with Gasteiger partial charge >= 0.3 is 6.03 Å². The van der Waals surface area contributed by atoms with Gasteiger partial charge in [-0.1, -0.05) is 24.3 Å². The Hall–Kier alpha value is -2.75. The molecule has 2 amide bonds. The van der Waals surface area contributed by atoms with E-state index in [1.807, 2.05) is 72.4 Å². The van der Waals surface area contributed by atoms with Gasteiger partial charge in [0.2, 0.25) is 0 Å². The predicted octanol–water partition coefficient (Wildman–Crippen LogP) is 3.82. The van der Waals surface area contributed by atoms with Crippen LogP contribution in [0.2, 0.25) is 0 Å². The number of fused-ring (bicyclic) bond motifs is 1. The van der Waals surface area contributed by atoms with Crippen molar-refractivity contribution in [1.82, 2.24) is 4.57 Å². The standard InChI is InChI=1S/C16H15N3O/c1-19-11-10-13-14(8-5-9-15(13)19)18-16(20)17-12-6-3-2-4-7-12/h2-11H,1H3,(H2,17,18,20). The summed E-state index contributed by atoms with van der Waals surface area (Å²) in [6, 6.07) is 17.0. The lowest BCUT2D eigenvalue weighted by molar-refractivity contribution is 0.262. The van der Waals surface area contributed by atoms with Gasteiger partial charge in [0.1, 0.15) is 0 Å². The number of hydrogen-bond acceptors (Lipinski definition) is 1. The lowest BCUT2D eigenvalue weighted by Gasteiger charge is -2.09. The van der Waals surface area contributed by atoms with E-state index in [4.69, 9.17) is 0 Å². The van der Waals surface area contributed by atoms with Crippen molar-refractivity contribution in [2.75, 3.05) is 10.6 Å². The Kier molecular flexibility index (Phi) is 3.13. The minimum atomic E-state index is -0.243. The highest BCUT2D eigenvalue weighted by Gasteiger charge is 2.07. The zero-order valence-corrected chi connectivity index (χ0v) is 11.1. The second-order valence-electron chi connectivity index (χ2n) is 4.61. The average Bonchev–Trinajstić information content (AvgIpc) is 2.83. The summed E-state index contributed by atoms with van der Waals surface area (Å²) in [6.45, 7) is 0. The fraction of sp³-hybridized carbons (Fsp3) is 0.0625. The number of benzene rings is 2. The lowest BCUT2D eigenvalue weighted by Crippen LogP contribution is -2.19. The normalized spacial score (nSPS) is 10.4. The van der Waals surface area contributed by atoms with E-state index in [9.17, 15) is 4.79 Å². The molecule has 0 aliphatic carbocycles. The summed E-state index contributed by atoms with van der Waals surface area (Å²) in [5.74, 6) is 0. The van der Waals surface area contributed by atoms with E-state index < -0.39 is 0 Å². The fourth-order valence-corrected chi connectivity index (χ4v) is 2.22. The smallest absolute Gasteiger partial charge is 0.323 e. The summed E-state index contributed by atoms with van der Waals surface area (Å²) in [6.07, 6.45) is 1.98. The maximum Gasteiger partial charge on any atom is 0.323 e. The van der Waals surface area contributed by atoms with Crippen molar-refractivity contribution in [3.05, 3.63) is 60.8 Å². The molecule has 0 radical (unpaired) electrons. The molecule has 3 aromatic rings. The number of aromatic nitrogens is 1. The third-order valence-corrected chi connectivity index (χ3v) is 3.21. The highest BCUT2D eigenvalue weighted by molar-refractivity contribution is 6.05. The summed E-state index contributed by atoms with van der Waals surface area (Å²) < 4.78 is 2.02. The second kappa shape index (κ2) is 5.09. The van der Waals surface area contributed by atoms with E-state index in [0.29, 0.717) is 0 Å². The Labute approximate surface area is 117 Å². The number of anilines is 2. The van der Waals surface area contributed by atoms with Crippen molar-refractivity contribution in [1.29, 1.82) is 0 Å². The third-order valence-electron chi connectivity index (χ3n) is 3.21. The molecule has 4 nitrogen and oxygen atoms in total. The topological polar surface area (TPSA) is 46.1 Å². The van der Waals surface area contributed by atoms with Gasteiger partial charge in [-0.2, -0.15) is 0 Å². The number of amides is 2. The molecular formula is C16H15N3O. The van der Waals surface area contributed by atoms with Gasteiger partial charge in [0.15, 0.2) is 0 Å². The third kappa shape index (κ3) is 2.36. The average molecular weight is 265 g/mol. The molecular weight excluding hydrogens is 250 g/mol. The molecule has 2 N–H and O–H groups in total. The minimum absolute atomic E-state index is 0.243. The predicted molar refractivity (Wildman–Crippen MR) is 82.0 cm³/mol. The molecule has 0 bridgehead atoms. The molecule has 0 saturated carbocycles. The number of urea groups is 1. The Morgan fingerprint density at radius 1 is 0.950 bits per heavy atom. The maximum absolute atomic E-state index is 12.0. The van der Waals surface area contributed by atoms with Gasteiger partial charge in [-0.15, -0.1) is 0 Å². The number of nitrogens with zero attached hydrogens (tertiary/aromatic N) is 1. The van der Waals surface area contributed by atoms with Crippen molar-refractivity contribution in [2.45, 2.75) is 0 Å². The molecule has 0 aliphatic rings. The lowest BCUT2D eigenvalue weighted by atomic mass is 10.2. The van der Waals surface area contributed by atoms with Crippen LogP contribution in [-0.4, -0.2) is 10.6 Å². The van der Waals surface area contributed by atoms with Crippen LogP contribution < -0.4 is 10.6 Å². The number of nitrogens with one attached hydrogen (secondary N) is 2. The zero-order valence-electron chi connectivity index (χ0n) is 11.1. The van der Waals surface area contributed by atoms with Gasteiger partial charge in [-0.25, -0.2) is 4.79 Å². The highest BCUT2D eigenvalue weighted by atomic mass is 16.2. The monoisotopic (exact) mass is 265 g/mol. The van der Waals surface area contributed by atoms with Crippen molar-refractivity contribution < 1.29 is 4.79 Å². The Balaban J connectivity index is 1.81. The number of para-hydroxylation sites is 1. The van der Waals surface area contributed by atoms with Crippen LogP contribution in [0.15, 0.2) is 60.8 Å². The fourth-order valence-electron chi connectivity index (χ4n) is 2.22. The highest BCUT2D eigenvalue weighted by Crippen LogP contribution is 2.23. The molecule has 2 aromatic carbocycles. The summed E-state index contributed by atoms with van der Waals surface area (Å²) >= 11 is 0. The van der Waals surface area contributed by atoms with E-state index in [2.05, 4.69) is 10.6 Å². The van der Waals surface area contributed by atoms with E-state index in [0.717, 1.165) is 22.3 Å². The second-order valence-corrected chi connectivity index (χ2v) is 4.61. The Bertz CT molecular complexity index is 747. The molecule has 0 saturated heterocycles. The SMILES string of the molecule is Cn1ccc2c(NC(=O)Nc3ccccc3)cccc21. The van der Waals surface area contributed by atoms with Crippen LogP contribution in [0.1, 0.15) is 0 Å². The molecule has 0 spiro atoms. The molecule has 0 atom stereocenters. The maximum atomic E-state index is 12.0. The summed E-state index contributed by atoms with van der Waals surface area (Å²) in [4.78, 5) is 12.0. The summed E-state index contributed by atoms with van der Waals surface area (Å²) in [7, 11) is 1.98. The van der Waals surface area contributed by atoms with E-state index in [-0.39, 0.29) is 6.03 Å². The van der Waals surface area contributed by atoms with Crippen LogP contribution in [0.4, 0.5) is 16.2 Å². The van der Waals surface area contributed by atoms with Gasteiger partial charge in [0, 0.05) is 29.8 Å². The van der Waals surface area contributed by atoms with Crippen LogP contribution in [-0.2, 0) is 7.05 Å². The minimum Gasteiger partial charge on any atom is -0.350 e. The van der Waals surface area contributed by atoms with E-state index in [1.54, 1.807) is 0 Å². The number of carbonyl (C=O) groups excluding carboxylic acids is 1. The number of carbonyl (C=O) groups is 1. The first kappa shape index (κ1) is 12.3. The molecule has 1 heterocycles. The number of rotatable bonds is 2. The van der Waals surface area contributed by atoms with Crippen LogP contribution in [0.3, 0.4) is 0 Å². The van der Waals surface area contributed by atoms with Crippen LogP contribution in [0.25, 0.3) is 10.9 Å². The Morgan fingerprint density at radius 3 is 2.55 bits per heavy atom. The van der Waals surface area contributed by atoms with Crippen molar-refractivity contribution in [3.8, 4) is 0 Å². The van der Waals surface area contributed by atoms with Crippen LogP contribution in [0.5, 0.6) is 0 Å². The van der Waals surface area contributed by atoms with Gasteiger partial charge < -0.3 is 15.2 Å². The molecule has 0 fully saturated rings. The van der Waals surface area contributed by atoms with E-state index >= 15 is 0 Å². The largest absolute Gasteiger partial charge is 0.350 e. The molecule has 100 valence electrons. The van der Waals surface area contributed by atoms with Gasteiger partial charge in [0.05, 0.1) is 5.69 Å². The number of aryl methyl sites for hydroxylation is 1. The van der Waals surface area contributed by atoms with Gasteiger partial charge in [-0.3, -0.25) is 0 Å². The number of hydrogen-bond donors (Lipinski definition) is 2. The molecule has 20 heavy (non-hydrogen) atoms. The molecule has 0 unspecified atom stereocenters. The van der Waals surface area contributed by atoms with Crippen LogP contribution in [0, 0.1) is 0 Å². The first-order chi connectivity index (χ1) is 9.74. The molecule has 0 aliphatic heterocycles. The molecule has 4 heteroatoms. The van der Waals surface area contributed by atoms with Crippen molar-refractivity contribution in [2.24, 2.45) is 7.05 Å². The van der Waals surface area contributed by atoms with Gasteiger partial charge in [-0.05, 0) is 30.3 Å². The molecule has 3 rings (SSSR count). The quantitative estimate of drug-likeness (QED) is 0.727. The Morgan fingerprint density at radius 2 is 1.75 bits per heavy atom. The molecule has 1 aromatic heterocycles. The summed E-state index contributed by atoms with van der Waals surface area (Å²) in [5.41, 5.74) is 2.66. The zero-order chi connectivity index (χ0) is 13.9. The first-order valence-electron chi connectivity index (χ1n) is 6.41.